The van der Waals surface area contributed by atoms with Crippen molar-refractivity contribution in [3.8, 4) is 11.5 Å². The van der Waals surface area contributed by atoms with Gasteiger partial charge in [-0.15, -0.1) is 0 Å². The number of hydrogen-bond acceptors (Lipinski definition) is 5. The quantitative estimate of drug-likeness (QED) is 0.635. The van der Waals surface area contributed by atoms with Crippen molar-refractivity contribution in [2.75, 3.05) is 34.0 Å². The number of nitrogens with one attached hydrogen (secondary N) is 1. The van der Waals surface area contributed by atoms with E-state index in [9.17, 15) is 4.79 Å². The van der Waals surface area contributed by atoms with Gasteiger partial charge in [0.25, 0.3) is 0 Å². The van der Waals surface area contributed by atoms with Crippen LogP contribution >= 0.6 is 0 Å². The molecule has 1 unspecified atom stereocenters. The van der Waals surface area contributed by atoms with Crippen molar-refractivity contribution in [1.29, 1.82) is 0 Å². The van der Waals surface area contributed by atoms with E-state index in [1.54, 1.807) is 14.2 Å². The number of ether oxygens (including phenoxy) is 3. The summed E-state index contributed by atoms with van der Waals surface area (Å²) in [7, 11) is 3.23. The Morgan fingerprint density at radius 3 is 2.57 bits per heavy atom. The van der Waals surface area contributed by atoms with Crippen LogP contribution in [0.2, 0.25) is 0 Å². The van der Waals surface area contributed by atoms with Gasteiger partial charge in [-0.3, -0.25) is 4.79 Å². The molecule has 0 aliphatic carbocycles. The van der Waals surface area contributed by atoms with Gasteiger partial charge in [0.05, 0.1) is 20.8 Å². The predicted octanol–water partition coefficient (Wildman–Crippen LogP) is 1.25. The summed E-state index contributed by atoms with van der Waals surface area (Å²) in [4.78, 5) is 10.6. The maximum Gasteiger partial charge on any atom is 0.243 e. The maximum atomic E-state index is 10.6. The second-order valence-corrected chi connectivity index (χ2v) is 4.55. The number of methoxy groups -OCH3 is 2. The lowest BCUT2D eigenvalue weighted by atomic mass is 10.0. The number of hydrogen-bond donors (Lipinski definition) is 2. The van der Waals surface area contributed by atoms with Crippen LogP contribution in [0.25, 0.3) is 0 Å². The standard InChI is InChI=1S/C15H24N2O4/c1-4-12(17-7-8-21-10-15(16)18)11-5-6-13(19-2)14(9-11)20-3/h5-6,9,12,17H,4,7-8,10H2,1-3H3,(H2,16,18). The summed E-state index contributed by atoms with van der Waals surface area (Å²) in [5.41, 5.74) is 6.12. The Morgan fingerprint density at radius 2 is 2.00 bits per heavy atom. The van der Waals surface area contributed by atoms with E-state index in [1.165, 1.54) is 0 Å². The van der Waals surface area contributed by atoms with E-state index in [4.69, 9.17) is 19.9 Å². The van der Waals surface area contributed by atoms with Crippen molar-refractivity contribution in [1.82, 2.24) is 5.32 Å². The third kappa shape index (κ3) is 5.61. The lowest BCUT2D eigenvalue weighted by molar-refractivity contribution is -0.122. The van der Waals surface area contributed by atoms with E-state index in [-0.39, 0.29) is 12.6 Å². The Labute approximate surface area is 125 Å². The lowest BCUT2D eigenvalue weighted by Gasteiger charge is -2.19. The van der Waals surface area contributed by atoms with Gasteiger partial charge in [0.1, 0.15) is 6.61 Å². The van der Waals surface area contributed by atoms with Crippen molar-refractivity contribution in [3.63, 3.8) is 0 Å². The van der Waals surface area contributed by atoms with Crippen molar-refractivity contribution in [2.24, 2.45) is 5.73 Å². The summed E-state index contributed by atoms with van der Waals surface area (Å²) in [6.45, 7) is 3.13. The summed E-state index contributed by atoms with van der Waals surface area (Å²) in [5.74, 6) is 0.961. The highest BCUT2D eigenvalue weighted by molar-refractivity contribution is 5.74. The highest BCUT2D eigenvalue weighted by Crippen LogP contribution is 2.30. The molecule has 0 aromatic heterocycles. The molecule has 6 heteroatoms. The average molecular weight is 296 g/mol. The average Bonchev–Trinajstić information content (AvgIpc) is 2.50. The van der Waals surface area contributed by atoms with Crippen LogP contribution in [0.15, 0.2) is 18.2 Å². The van der Waals surface area contributed by atoms with Gasteiger partial charge in [-0.2, -0.15) is 0 Å². The van der Waals surface area contributed by atoms with Crippen LogP contribution in [0.1, 0.15) is 24.9 Å². The molecule has 0 heterocycles. The highest BCUT2D eigenvalue weighted by atomic mass is 16.5. The molecule has 0 radical (unpaired) electrons. The normalized spacial score (nSPS) is 12.0. The fraction of sp³-hybridized carbons (Fsp3) is 0.533. The maximum absolute atomic E-state index is 10.6. The number of primary amides is 1. The Balaban J connectivity index is 2.57. The van der Waals surface area contributed by atoms with Gasteiger partial charge in [0, 0.05) is 12.6 Å². The van der Waals surface area contributed by atoms with Crippen LogP contribution in [0, 0.1) is 0 Å². The molecule has 0 saturated heterocycles. The first kappa shape index (κ1) is 17.3. The predicted molar refractivity (Wildman–Crippen MR) is 80.6 cm³/mol. The first-order valence-electron chi connectivity index (χ1n) is 6.93. The summed E-state index contributed by atoms with van der Waals surface area (Å²) in [6, 6.07) is 6.04. The molecule has 1 aromatic carbocycles. The second kappa shape index (κ2) is 9.20. The van der Waals surface area contributed by atoms with Gasteiger partial charge in [0.15, 0.2) is 11.5 Å². The molecule has 0 bridgehead atoms. The number of carbonyl (C=O) groups excluding carboxylic acids is 1. The molecule has 1 aromatic rings. The largest absolute Gasteiger partial charge is 0.493 e. The molecule has 118 valence electrons. The molecule has 1 rings (SSSR count). The number of benzene rings is 1. The molecular weight excluding hydrogens is 272 g/mol. The van der Waals surface area contributed by atoms with E-state index in [0.717, 1.165) is 12.0 Å². The fourth-order valence-electron chi connectivity index (χ4n) is 2.05. The molecule has 0 spiro atoms. The van der Waals surface area contributed by atoms with E-state index in [2.05, 4.69) is 12.2 Å². The zero-order valence-corrected chi connectivity index (χ0v) is 12.8. The SMILES string of the molecule is CCC(NCCOCC(N)=O)c1ccc(OC)c(OC)c1. The minimum atomic E-state index is -0.457. The van der Waals surface area contributed by atoms with Crippen LogP contribution in [-0.2, 0) is 9.53 Å². The van der Waals surface area contributed by atoms with Gasteiger partial charge in [-0.25, -0.2) is 0 Å². The smallest absolute Gasteiger partial charge is 0.243 e. The van der Waals surface area contributed by atoms with Crippen LogP contribution in [0.3, 0.4) is 0 Å². The summed E-state index contributed by atoms with van der Waals surface area (Å²) >= 11 is 0. The third-order valence-electron chi connectivity index (χ3n) is 3.10. The molecule has 21 heavy (non-hydrogen) atoms. The zero-order valence-electron chi connectivity index (χ0n) is 12.8. The summed E-state index contributed by atoms with van der Waals surface area (Å²) in [6.07, 6.45) is 0.922. The van der Waals surface area contributed by atoms with E-state index in [1.807, 2.05) is 18.2 Å². The van der Waals surface area contributed by atoms with Gasteiger partial charge < -0.3 is 25.3 Å². The molecule has 0 fully saturated rings. The minimum absolute atomic E-state index is 0.0468. The van der Waals surface area contributed by atoms with Crippen molar-refractivity contribution < 1.29 is 19.0 Å². The van der Waals surface area contributed by atoms with E-state index in [0.29, 0.717) is 24.7 Å². The first-order valence-corrected chi connectivity index (χ1v) is 6.93. The summed E-state index contributed by atoms with van der Waals surface area (Å²) in [5, 5.41) is 3.37. The van der Waals surface area contributed by atoms with Gasteiger partial charge in [-0.05, 0) is 24.1 Å². The van der Waals surface area contributed by atoms with E-state index >= 15 is 0 Å². The van der Waals surface area contributed by atoms with E-state index < -0.39 is 5.91 Å². The van der Waals surface area contributed by atoms with Gasteiger partial charge in [0.2, 0.25) is 5.91 Å². The molecule has 0 aliphatic heterocycles. The van der Waals surface area contributed by atoms with Crippen LogP contribution in [-0.4, -0.2) is 39.9 Å². The Hall–Kier alpha value is -1.79. The number of rotatable bonds is 10. The molecule has 0 aliphatic rings. The topological polar surface area (TPSA) is 82.8 Å². The van der Waals surface area contributed by atoms with Gasteiger partial charge in [-0.1, -0.05) is 13.0 Å². The number of nitrogens with two attached hydrogens (primary N) is 1. The van der Waals surface area contributed by atoms with Crippen molar-refractivity contribution >= 4 is 5.91 Å². The molecular formula is C15H24N2O4. The monoisotopic (exact) mass is 296 g/mol. The zero-order chi connectivity index (χ0) is 15.7. The Kier molecular flexibility index (Phi) is 7.56. The van der Waals surface area contributed by atoms with Gasteiger partial charge >= 0.3 is 0 Å². The Bertz CT molecular complexity index is 451. The molecule has 1 atom stereocenters. The lowest BCUT2D eigenvalue weighted by Crippen LogP contribution is -2.27. The van der Waals surface area contributed by atoms with Crippen molar-refractivity contribution in [2.45, 2.75) is 19.4 Å². The number of carbonyl (C=O) groups is 1. The molecule has 3 N–H and O–H groups in total. The van der Waals surface area contributed by atoms with Crippen LogP contribution < -0.4 is 20.5 Å². The second-order valence-electron chi connectivity index (χ2n) is 4.55. The number of amides is 1. The molecule has 1 amide bonds. The highest BCUT2D eigenvalue weighted by Gasteiger charge is 2.12. The third-order valence-corrected chi connectivity index (χ3v) is 3.10. The van der Waals surface area contributed by atoms with Crippen LogP contribution in [0.5, 0.6) is 11.5 Å². The first-order chi connectivity index (χ1) is 10.1. The molecule has 0 saturated carbocycles. The molecule has 6 nitrogen and oxygen atoms in total. The minimum Gasteiger partial charge on any atom is -0.493 e. The van der Waals surface area contributed by atoms with Crippen LogP contribution in [0.4, 0.5) is 0 Å². The Morgan fingerprint density at radius 1 is 1.29 bits per heavy atom. The fourth-order valence-corrected chi connectivity index (χ4v) is 2.05. The summed E-state index contributed by atoms with van der Waals surface area (Å²) < 4.78 is 15.7. The van der Waals surface area contributed by atoms with Crippen molar-refractivity contribution in [3.05, 3.63) is 23.8 Å².